The Bertz CT molecular complexity index is 1930. The lowest BCUT2D eigenvalue weighted by molar-refractivity contribution is -0.359. The first-order chi connectivity index (χ1) is 49.6. The van der Waals surface area contributed by atoms with Crippen molar-refractivity contribution >= 4 is 5.91 Å². The van der Waals surface area contributed by atoms with E-state index in [4.69, 9.17) is 18.9 Å². The molecule has 14 nitrogen and oxygen atoms in total. The van der Waals surface area contributed by atoms with Crippen LogP contribution in [0, 0.1) is 0 Å². The topological polar surface area (TPSA) is 228 Å². The van der Waals surface area contributed by atoms with Gasteiger partial charge in [0.25, 0.3) is 0 Å². The van der Waals surface area contributed by atoms with E-state index < -0.39 is 86.8 Å². The summed E-state index contributed by atoms with van der Waals surface area (Å²) < 4.78 is 22.9. The second-order valence-electron chi connectivity index (χ2n) is 30.3. The Kier molecular flexibility index (Phi) is 66.3. The Balaban J connectivity index is 1.59. The molecule has 0 aromatic heterocycles. The Labute approximate surface area is 619 Å². The maximum atomic E-state index is 13.4. The number of carbonyl (C=O) groups is 1. The van der Waals surface area contributed by atoms with Gasteiger partial charge in [-0.3, -0.25) is 4.79 Å². The van der Waals surface area contributed by atoms with Crippen molar-refractivity contribution in [3.05, 3.63) is 60.8 Å². The summed E-state index contributed by atoms with van der Waals surface area (Å²) in [6.07, 6.45) is 80.4. The Morgan fingerprint density at radius 2 is 0.663 bits per heavy atom. The van der Waals surface area contributed by atoms with E-state index in [0.29, 0.717) is 12.8 Å². The number of carbonyl (C=O) groups excluding carboxylic acids is 1. The highest BCUT2D eigenvalue weighted by molar-refractivity contribution is 5.76. The summed E-state index contributed by atoms with van der Waals surface area (Å²) in [6, 6.07) is -0.934. The van der Waals surface area contributed by atoms with E-state index >= 15 is 0 Å². The number of amides is 1. The number of hydrogen-bond acceptors (Lipinski definition) is 13. The third kappa shape index (κ3) is 53.2. The lowest BCUT2D eigenvalue weighted by Crippen LogP contribution is -2.65. The molecule has 1 amide bonds. The van der Waals surface area contributed by atoms with Crippen molar-refractivity contribution < 1.29 is 64.6 Å². The van der Waals surface area contributed by atoms with Crippen LogP contribution in [0.25, 0.3) is 0 Å². The number of rotatable bonds is 73. The van der Waals surface area contributed by atoms with E-state index in [9.17, 15) is 45.6 Å². The summed E-state index contributed by atoms with van der Waals surface area (Å²) in [7, 11) is 0. The zero-order valence-electron chi connectivity index (χ0n) is 65.2. The molecule has 2 rings (SSSR count). The standard InChI is InChI=1S/C87H161NO13/c1-3-5-7-9-11-13-15-17-19-21-23-25-27-29-31-33-35-36-37-38-39-40-41-43-45-47-49-51-53-55-57-59-61-63-65-67-69-71-79(92)88-75(74-98-86-84(97)82(95)85(78(73-90)100-86)101-87-83(96)81(94)80(93)77(72-89)99-87)76(91)70-68-66-64-62-60-58-56-54-52-50-48-46-44-42-34-32-30-28-26-24-22-20-18-16-14-12-10-8-6-4-2/h15,17,21,23,27,29,60,62,68,70,75-78,80-87,89-91,93-97H,3-14,16,18-20,22,24-26,28,30-59,61,63-67,69,71-74H2,1-2H3,(H,88,92)/b17-15-,23-21-,29-27-,62-60+,70-68+. The fraction of sp³-hybridized carbons (Fsp3) is 0.874. The third-order valence-electron chi connectivity index (χ3n) is 20.9. The fourth-order valence-corrected chi connectivity index (χ4v) is 14.1. The van der Waals surface area contributed by atoms with Gasteiger partial charge in [-0.25, -0.2) is 0 Å². The van der Waals surface area contributed by atoms with Gasteiger partial charge >= 0.3 is 0 Å². The van der Waals surface area contributed by atoms with Gasteiger partial charge in [0, 0.05) is 6.42 Å². The zero-order chi connectivity index (χ0) is 73.0. The predicted octanol–water partition coefficient (Wildman–Crippen LogP) is 20.3. The number of nitrogens with one attached hydrogen (secondary N) is 1. The molecule has 101 heavy (non-hydrogen) atoms. The summed E-state index contributed by atoms with van der Waals surface area (Å²) in [5.74, 6) is -0.242. The highest BCUT2D eigenvalue weighted by atomic mass is 16.7. The van der Waals surface area contributed by atoms with Crippen LogP contribution in [0.3, 0.4) is 0 Å². The first-order valence-electron chi connectivity index (χ1n) is 43.0. The third-order valence-corrected chi connectivity index (χ3v) is 20.9. The molecular weight excluding hydrogens is 1270 g/mol. The van der Waals surface area contributed by atoms with Gasteiger partial charge in [-0.2, -0.15) is 0 Å². The molecule has 592 valence electrons. The number of aliphatic hydroxyl groups is 8. The maximum absolute atomic E-state index is 13.4. The summed E-state index contributed by atoms with van der Waals surface area (Å²) in [6.45, 7) is 2.83. The minimum absolute atomic E-state index is 0.242. The number of aliphatic hydroxyl groups excluding tert-OH is 8. The lowest BCUT2D eigenvalue weighted by Gasteiger charge is -2.46. The number of hydrogen-bond donors (Lipinski definition) is 9. The van der Waals surface area contributed by atoms with E-state index in [0.717, 1.165) is 44.9 Å². The molecule has 2 aliphatic heterocycles. The van der Waals surface area contributed by atoms with Gasteiger partial charge < -0.3 is 65.1 Å². The molecule has 0 aromatic carbocycles. The van der Waals surface area contributed by atoms with Crippen LogP contribution in [-0.2, 0) is 23.7 Å². The summed E-state index contributed by atoms with van der Waals surface area (Å²) in [4.78, 5) is 13.4. The number of ether oxygens (including phenoxy) is 4. The molecule has 14 heteroatoms. The quantitative estimate of drug-likeness (QED) is 0.0204. The monoisotopic (exact) mass is 1430 g/mol. The van der Waals surface area contributed by atoms with Crippen molar-refractivity contribution in [2.24, 2.45) is 0 Å². The largest absolute Gasteiger partial charge is 0.394 e. The van der Waals surface area contributed by atoms with Crippen LogP contribution in [-0.4, -0.2) is 140 Å². The van der Waals surface area contributed by atoms with E-state index in [1.165, 1.54) is 315 Å². The second-order valence-corrected chi connectivity index (χ2v) is 30.3. The van der Waals surface area contributed by atoms with Crippen LogP contribution < -0.4 is 5.32 Å². The van der Waals surface area contributed by atoms with Crippen molar-refractivity contribution in [2.45, 2.75) is 466 Å². The second kappa shape index (κ2) is 70.7. The molecular formula is C87H161NO13. The smallest absolute Gasteiger partial charge is 0.220 e. The molecule has 9 N–H and O–H groups in total. The summed E-state index contributed by atoms with van der Waals surface area (Å²) in [5.41, 5.74) is 0. The van der Waals surface area contributed by atoms with Gasteiger partial charge in [-0.15, -0.1) is 0 Å². The molecule has 0 spiro atoms. The predicted molar refractivity (Wildman–Crippen MR) is 420 cm³/mol. The molecule has 12 atom stereocenters. The average molecular weight is 1430 g/mol. The molecule has 2 aliphatic rings. The normalized spacial score (nSPS) is 22.0. The first kappa shape index (κ1) is 94.8. The molecule has 0 radical (unpaired) electrons. The van der Waals surface area contributed by atoms with Crippen molar-refractivity contribution in [3.63, 3.8) is 0 Å². The average Bonchev–Trinajstić information content (AvgIpc) is 0.792. The molecule has 2 heterocycles. The van der Waals surface area contributed by atoms with Gasteiger partial charge in [0.1, 0.15) is 48.8 Å². The highest BCUT2D eigenvalue weighted by Crippen LogP contribution is 2.30. The number of unbranched alkanes of at least 4 members (excludes halogenated alkanes) is 52. The van der Waals surface area contributed by atoms with Gasteiger partial charge in [0.05, 0.1) is 32.0 Å². The molecule has 2 fully saturated rings. The van der Waals surface area contributed by atoms with Crippen LogP contribution in [0.2, 0.25) is 0 Å². The van der Waals surface area contributed by atoms with Crippen LogP contribution in [0.15, 0.2) is 60.8 Å². The van der Waals surface area contributed by atoms with Crippen molar-refractivity contribution in [1.29, 1.82) is 0 Å². The SMILES string of the molecule is CCCCCCC/C=C\C/C=C\C/C=C\CCCCCCCCCCCCCCCCCCCCCCCCC(=O)NC(COC1OC(CO)C(OC2OC(CO)C(O)C(O)C2O)C(O)C1O)C(O)/C=C/CC/C=C/CCCCCCCCCCCCCCCCCCCCCCCCCC. The van der Waals surface area contributed by atoms with Crippen LogP contribution in [0.1, 0.15) is 393 Å². The zero-order valence-corrected chi connectivity index (χ0v) is 65.2. The van der Waals surface area contributed by atoms with E-state index in [-0.39, 0.29) is 18.9 Å². The molecule has 0 aromatic rings. The van der Waals surface area contributed by atoms with Gasteiger partial charge in [-0.05, 0) is 70.6 Å². The number of allylic oxidation sites excluding steroid dienone is 9. The van der Waals surface area contributed by atoms with E-state index in [1.807, 2.05) is 6.08 Å². The highest BCUT2D eigenvalue weighted by Gasteiger charge is 2.51. The van der Waals surface area contributed by atoms with Crippen LogP contribution >= 0.6 is 0 Å². The van der Waals surface area contributed by atoms with Gasteiger partial charge in [0.2, 0.25) is 5.91 Å². The lowest BCUT2D eigenvalue weighted by atomic mass is 9.97. The van der Waals surface area contributed by atoms with E-state index in [2.05, 4.69) is 67.8 Å². The van der Waals surface area contributed by atoms with Gasteiger partial charge in [-0.1, -0.05) is 376 Å². The van der Waals surface area contributed by atoms with E-state index in [1.54, 1.807) is 6.08 Å². The van der Waals surface area contributed by atoms with Crippen LogP contribution in [0.4, 0.5) is 0 Å². The Morgan fingerprint density at radius 3 is 1.04 bits per heavy atom. The minimum atomic E-state index is -1.79. The maximum Gasteiger partial charge on any atom is 0.220 e. The fourth-order valence-electron chi connectivity index (χ4n) is 14.1. The molecule has 2 saturated heterocycles. The Morgan fingerprint density at radius 1 is 0.356 bits per heavy atom. The summed E-state index contributed by atoms with van der Waals surface area (Å²) in [5, 5.41) is 87.8. The minimum Gasteiger partial charge on any atom is -0.394 e. The van der Waals surface area contributed by atoms with Gasteiger partial charge in [0.15, 0.2) is 12.6 Å². The molecule has 0 saturated carbocycles. The van der Waals surface area contributed by atoms with Crippen molar-refractivity contribution in [1.82, 2.24) is 5.32 Å². The molecule has 0 aliphatic carbocycles. The summed E-state index contributed by atoms with van der Waals surface area (Å²) >= 11 is 0. The van der Waals surface area contributed by atoms with Crippen molar-refractivity contribution in [3.8, 4) is 0 Å². The molecule has 0 bridgehead atoms. The van der Waals surface area contributed by atoms with Crippen LogP contribution in [0.5, 0.6) is 0 Å². The first-order valence-corrected chi connectivity index (χ1v) is 43.0. The molecule has 12 unspecified atom stereocenters. The Hall–Kier alpha value is -2.31. The van der Waals surface area contributed by atoms with Crippen molar-refractivity contribution in [2.75, 3.05) is 19.8 Å².